The lowest BCUT2D eigenvalue weighted by Gasteiger charge is -2.28. The summed E-state index contributed by atoms with van der Waals surface area (Å²) < 4.78 is 22.2. The van der Waals surface area contributed by atoms with Crippen LogP contribution in [0.1, 0.15) is 23.6 Å². The number of anilines is 1. The lowest BCUT2D eigenvalue weighted by Crippen LogP contribution is -2.34. The molecule has 0 bridgehead atoms. The number of aromatic nitrogens is 3. The van der Waals surface area contributed by atoms with Crippen LogP contribution in [0, 0.1) is 5.82 Å². The highest BCUT2D eigenvalue weighted by Crippen LogP contribution is 2.38. The van der Waals surface area contributed by atoms with Crippen LogP contribution >= 0.6 is 0 Å². The summed E-state index contributed by atoms with van der Waals surface area (Å²) in [6, 6.07) is 5.32. The Morgan fingerprint density at radius 2 is 2.07 bits per heavy atom. The summed E-state index contributed by atoms with van der Waals surface area (Å²) in [6.45, 7) is 1.78. The average Bonchev–Trinajstić information content (AvgIpc) is 3.20. The fourth-order valence-corrected chi connectivity index (χ4v) is 4.66. The number of likely N-dealkylation sites (N-methyl/N-ethyl adjacent to an activating group) is 1. The second kappa shape index (κ2) is 7.19. The number of nitrogens with two attached hydrogens (primary N) is 1. The number of aliphatic hydroxyl groups is 2. The topological polar surface area (TPSA) is 110 Å². The van der Waals surface area contributed by atoms with E-state index in [1.165, 1.54) is 22.7 Å². The molecule has 1 aliphatic heterocycles. The number of benzene rings is 1. The van der Waals surface area contributed by atoms with Crippen LogP contribution in [-0.4, -0.2) is 61.6 Å². The van der Waals surface area contributed by atoms with Crippen molar-refractivity contribution in [3.63, 3.8) is 0 Å². The minimum absolute atomic E-state index is 0.0398. The molecule has 2 aliphatic rings. The Hall–Kier alpha value is -2.75. The molecule has 4 atom stereocenters. The minimum Gasteiger partial charge on any atom is -0.487 e. The maximum atomic E-state index is 14.4. The molecule has 3 aromatic rings. The third kappa shape index (κ3) is 3.01. The molecule has 1 aromatic carbocycles. The predicted molar refractivity (Wildman–Crippen MR) is 108 cm³/mol. The van der Waals surface area contributed by atoms with Gasteiger partial charge in [0.1, 0.15) is 41.9 Å². The second-order valence-electron chi connectivity index (χ2n) is 8.16. The monoisotopic (exact) mass is 413 g/mol. The molecule has 0 spiro atoms. The first kappa shape index (κ1) is 19.2. The number of ether oxygens (including phenoxy) is 1. The lowest BCUT2D eigenvalue weighted by molar-refractivity contribution is -0.0167. The largest absolute Gasteiger partial charge is 0.487 e. The Labute approximate surface area is 172 Å². The molecule has 0 radical (unpaired) electrons. The Balaban J connectivity index is 1.44. The van der Waals surface area contributed by atoms with Gasteiger partial charge in [0.2, 0.25) is 0 Å². The lowest BCUT2D eigenvalue weighted by atomic mass is 9.99. The summed E-state index contributed by atoms with van der Waals surface area (Å²) in [7, 11) is 2.08. The van der Waals surface area contributed by atoms with Gasteiger partial charge >= 0.3 is 0 Å². The van der Waals surface area contributed by atoms with Crippen molar-refractivity contribution in [1.82, 2.24) is 19.4 Å². The van der Waals surface area contributed by atoms with E-state index in [-0.39, 0.29) is 16.9 Å². The summed E-state index contributed by atoms with van der Waals surface area (Å²) in [4.78, 5) is 10.2. The summed E-state index contributed by atoms with van der Waals surface area (Å²) in [5, 5.41) is 21.5. The first-order valence-electron chi connectivity index (χ1n) is 10.0. The molecular weight excluding hydrogens is 389 g/mol. The zero-order valence-corrected chi connectivity index (χ0v) is 16.6. The van der Waals surface area contributed by atoms with Crippen LogP contribution < -0.4 is 10.5 Å². The first-order chi connectivity index (χ1) is 14.4. The van der Waals surface area contributed by atoms with E-state index in [0.717, 1.165) is 30.8 Å². The van der Waals surface area contributed by atoms with Gasteiger partial charge in [-0.15, -0.1) is 0 Å². The third-order valence-corrected chi connectivity index (χ3v) is 6.24. The fraction of sp³-hybridized carbons (Fsp3) is 0.429. The Bertz CT molecular complexity index is 1100. The standard InChI is InChI=1S/C21H24FN5O3/c1-26-6-5-12-11(8-26)3-2-4-15(12)30-16-7-14(18(28)19(16)29)27-9-13(22)17-20(23)24-10-25-21(17)27/h2-4,9-10,14,16,18-19,28-29H,5-8H2,1H3,(H2,23,24,25)/t14?,16?,18-,19+/m0/s1. The molecule has 1 aliphatic carbocycles. The van der Waals surface area contributed by atoms with Gasteiger partial charge in [0.05, 0.1) is 11.4 Å². The number of nitrogen functional groups attached to an aromatic ring is 1. The van der Waals surface area contributed by atoms with Crippen LogP contribution in [0.3, 0.4) is 0 Å². The molecule has 30 heavy (non-hydrogen) atoms. The second-order valence-corrected chi connectivity index (χ2v) is 8.16. The maximum absolute atomic E-state index is 14.4. The molecule has 1 fully saturated rings. The van der Waals surface area contributed by atoms with E-state index in [1.54, 1.807) is 0 Å². The van der Waals surface area contributed by atoms with Gasteiger partial charge < -0.3 is 30.2 Å². The van der Waals surface area contributed by atoms with Crippen LogP contribution in [-0.2, 0) is 13.0 Å². The number of rotatable bonds is 3. The van der Waals surface area contributed by atoms with E-state index in [4.69, 9.17) is 10.5 Å². The Morgan fingerprint density at radius 3 is 2.90 bits per heavy atom. The van der Waals surface area contributed by atoms with E-state index in [1.807, 2.05) is 12.1 Å². The van der Waals surface area contributed by atoms with Crippen molar-refractivity contribution in [1.29, 1.82) is 0 Å². The molecule has 2 unspecified atom stereocenters. The molecule has 5 rings (SSSR count). The number of hydrogen-bond donors (Lipinski definition) is 3. The molecule has 8 nitrogen and oxygen atoms in total. The molecule has 158 valence electrons. The van der Waals surface area contributed by atoms with Gasteiger partial charge in [-0.2, -0.15) is 0 Å². The zero-order chi connectivity index (χ0) is 21.0. The van der Waals surface area contributed by atoms with E-state index in [0.29, 0.717) is 6.42 Å². The summed E-state index contributed by atoms with van der Waals surface area (Å²) in [5.74, 6) is 0.209. The number of hydrogen-bond acceptors (Lipinski definition) is 7. The number of halogens is 1. The van der Waals surface area contributed by atoms with Crippen molar-refractivity contribution < 1.29 is 19.3 Å². The molecule has 9 heteroatoms. The van der Waals surface area contributed by atoms with E-state index in [9.17, 15) is 14.6 Å². The third-order valence-electron chi connectivity index (χ3n) is 6.24. The van der Waals surface area contributed by atoms with E-state index < -0.39 is 30.2 Å². The molecule has 0 amide bonds. The normalized spacial score (nSPS) is 26.8. The van der Waals surface area contributed by atoms with Gasteiger partial charge in [-0.05, 0) is 30.7 Å². The molecule has 4 N–H and O–H groups in total. The first-order valence-corrected chi connectivity index (χ1v) is 10.0. The number of fused-ring (bicyclic) bond motifs is 2. The molecule has 0 saturated heterocycles. The van der Waals surface area contributed by atoms with E-state index >= 15 is 0 Å². The molecule has 1 saturated carbocycles. The Morgan fingerprint density at radius 1 is 1.23 bits per heavy atom. The van der Waals surface area contributed by atoms with Crippen LogP contribution in [0.4, 0.5) is 10.2 Å². The van der Waals surface area contributed by atoms with Crippen LogP contribution in [0.2, 0.25) is 0 Å². The average molecular weight is 413 g/mol. The molecular formula is C21H24FN5O3. The zero-order valence-electron chi connectivity index (χ0n) is 16.6. The van der Waals surface area contributed by atoms with Gasteiger partial charge in [-0.3, -0.25) is 0 Å². The summed E-state index contributed by atoms with van der Waals surface area (Å²) in [5.41, 5.74) is 8.42. The maximum Gasteiger partial charge on any atom is 0.154 e. The van der Waals surface area contributed by atoms with Gasteiger partial charge in [-0.25, -0.2) is 14.4 Å². The Kier molecular flexibility index (Phi) is 4.61. The van der Waals surface area contributed by atoms with Crippen molar-refractivity contribution in [2.45, 2.75) is 43.7 Å². The fourth-order valence-electron chi connectivity index (χ4n) is 4.66. The summed E-state index contributed by atoms with van der Waals surface area (Å²) in [6.07, 6.45) is 0.796. The van der Waals surface area contributed by atoms with Crippen molar-refractivity contribution in [2.75, 3.05) is 19.3 Å². The van der Waals surface area contributed by atoms with Crippen LogP contribution in [0.5, 0.6) is 5.75 Å². The minimum atomic E-state index is -1.13. The van der Waals surface area contributed by atoms with Gasteiger partial charge in [-0.1, -0.05) is 12.1 Å². The highest BCUT2D eigenvalue weighted by molar-refractivity contribution is 5.86. The van der Waals surface area contributed by atoms with Gasteiger partial charge in [0.25, 0.3) is 0 Å². The van der Waals surface area contributed by atoms with Gasteiger partial charge in [0, 0.05) is 25.7 Å². The highest BCUT2D eigenvalue weighted by atomic mass is 19.1. The predicted octanol–water partition coefficient (Wildman–Crippen LogP) is 1.25. The van der Waals surface area contributed by atoms with E-state index in [2.05, 4.69) is 28.0 Å². The molecule has 3 heterocycles. The number of aliphatic hydroxyl groups excluding tert-OH is 2. The summed E-state index contributed by atoms with van der Waals surface area (Å²) >= 11 is 0. The van der Waals surface area contributed by atoms with Crippen molar-refractivity contribution >= 4 is 16.9 Å². The number of nitrogens with zero attached hydrogens (tertiary/aromatic N) is 4. The van der Waals surface area contributed by atoms with Crippen molar-refractivity contribution in [2.24, 2.45) is 0 Å². The van der Waals surface area contributed by atoms with Crippen molar-refractivity contribution in [3.05, 3.63) is 47.7 Å². The SMILES string of the molecule is CN1CCc2c(cccc2OC2CC(n3cc(F)c4c(N)ncnc43)[C@H](O)[C@@H]2O)C1. The quantitative estimate of drug-likeness (QED) is 0.593. The van der Waals surface area contributed by atoms with Crippen molar-refractivity contribution in [3.8, 4) is 5.75 Å². The van der Waals surface area contributed by atoms with Gasteiger partial charge in [0.15, 0.2) is 5.82 Å². The van der Waals surface area contributed by atoms with Crippen LogP contribution in [0.25, 0.3) is 11.0 Å². The highest BCUT2D eigenvalue weighted by Gasteiger charge is 2.45. The smallest absolute Gasteiger partial charge is 0.154 e. The molecule has 2 aromatic heterocycles. The van der Waals surface area contributed by atoms with Crippen LogP contribution in [0.15, 0.2) is 30.7 Å².